The van der Waals surface area contributed by atoms with Gasteiger partial charge in [0.2, 0.25) is 0 Å². The van der Waals surface area contributed by atoms with Crippen molar-refractivity contribution in [2.45, 2.75) is 43.1 Å². The van der Waals surface area contributed by atoms with E-state index in [1.165, 1.54) is 31.2 Å². The van der Waals surface area contributed by atoms with Gasteiger partial charge >= 0.3 is 17.8 Å². The number of aryl methyl sites for hydroxylation is 1. The first-order valence-corrected chi connectivity index (χ1v) is 8.85. The van der Waals surface area contributed by atoms with Gasteiger partial charge in [0, 0.05) is 0 Å². The first kappa shape index (κ1) is 18.7. The molecule has 1 fully saturated rings. The molecule has 0 amide bonds. The summed E-state index contributed by atoms with van der Waals surface area (Å²) >= 11 is 0. The van der Waals surface area contributed by atoms with E-state index in [2.05, 4.69) is 4.74 Å². The number of ether oxygens (including phenoxy) is 1. The molecular formula is C15H16F4O4S. The second kappa shape index (κ2) is 6.02. The molecule has 0 saturated carbocycles. The molecule has 1 aliphatic rings. The van der Waals surface area contributed by atoms with Gasteiger partial charge in [-0.05, 0) is 25.5 Å². The van der Waals surface area contributed by atoms with Gasteiger partial charge < -0.3 is 4.74 Å². The number of sulfone groups is 1. The van der Waals surface area contributed by atoms with Crippen LogP contribution < -0.4 is 0 Å². The van der Waals surface area contributed by atoms with Crippen molar-refractivity contribution in [3.8, 4) is 0 Å². The summed E-state index contributed by atoms with van der Waals surface area (Å²) in [6, 6.07) is 5.42. The van der Waals surface area contributed by atoms with E-state index < -0.39 is 45.4 Å². The normalized spacial score (nSPS) is 28.0. The van der Waals surface area contributed by atoms with Crippen molar-refractivity contribution >= 4 is 15.8 Å². The summed E-state index contributed by atoms with van der Waals surface area (Å²) in [5.74, 6) is -5.40. The van der Waals surface area contributed by atoms with Gasteiger partial charge in [0.1, 0.15) is 6.10 Å². The summed E-state index contributed by atoms with van der Waals surface area (Å²) in [5.41, 5.74) is -3.57. The third-order valence-corrected chi connectivity index (χ3v) is 5.90. The molecule has 1 aromatic rings. The van der Waals surface area contributed by atoms with Crippen LogP contribution in [-0.4, -0.2) is 38.1 Å². The van der Waals surface area contributed by atoms with E-state index in [1.807, 2.05) is 0 Å². The fourth-order valence-corrected chi connectivity index (χ4v) is 4.37. The first-order valence-electron chi connectivity index (χ1n) is 7.19. The molecule has 0 bridgehead atoms. The zero-order valence-corrected chi connectivity index (χ0v) is 13.7. The zero-order chi connectivity index (χ0) is 18.3. The SMILES string of the molecule is CCC1OC(=O)C(F)(C(F)(F)F)C1CS(=O)(=O)c1ccc(C)cc1. The second-order valence-electron chi connectivity index (χ2n) is 5.76. The molecule has 24 heavy (non-hydrogen) atoms. The maximum absolute atomic E-state index is 14.6. The third-order valence-electron chi connectivity index (χ3n) is 4.11. The highest BCUT2D eigenvalue weighted by Gasteiger charge is 2.73. The summed E-state index contributed by atoms with van der Waals surface area (Å²) in [7, 11) is -4.23. The summed E-state index contributed by atoms with van der Waals surface area (Å²) in [6.45, 7) is 3.11. The number of carbonyl (C=O) groups excluding carboxylic acids is 1. The van der Waals surface area contributed by atoms with Crippen LogP contribution in [0.4, 0.5) is 17.6 Å². The van der Waals surface area contributed by atoms with Crippen molar-refractivity contribution in [1.29, 1.82) is 0 Å². The van der Waals surface area contributed by atoms with E-state index in [0.29, 0.717) is 0 Å². The monoisotopic (exact) mass is 368 g/mol. The molecule has 1 heterocycles. The van der Waals surface area contributed by atoms with Crippen LogP contribution in [0.2, 0.25) is 0 Å². The smallest absolute Gasteiger partial charge is 0.433 e. The number of alkyl halides is 4. The Kier molecular flexibility index (Phi) is 4.69. The molecule has 3 atom stereocenters. The number of rotatable bonds is 4. The third kappa shape index (κ3) is 3.01. The van der Waals surface area contributed by atoms with Crippen LogP contribution in [0.5, 0.6) is 0 Å². The van der Waals surface area contributed by atoms with Crippen molar-refractivity contribution in [3.05, 3.63) is 29.8 Å². The fraction of sp³-hybridized carbons (Fsp3) is 0.533. The van der Waals surface area contributed by atoms with Crippen molar-refractivity contribution in [3.63, 3.8) is 0 Å². The number of hydrogen-bond acceptors (Lipinski definition) is 4. The molecule has 0 radical (unpaired) electrons. The highest BCUT2D eigenvalue weighted by Crippen LogP contribution is 2.48. The van der Waals surface area contributed by atoms with E-state index in [-0.39, 0.29) is 11.3 Å². The van der Waals surface area contributed by atoms with Gasteiger partial charge in [0.25, 0.3) is 0 Å². The van der Waals surface area contributed by atoms with E-state index in [0.717, 1.165) is 5.56 Å². The number of cyclic esters (lactones) is 1. The van der Waals surface area contributed by atoms with Crippen molar-refractivity contribution in [2.24, 2.45) is 5.92 Å². The summed E-state index contributed by atoms with van der Waals surface area (Å²) in [5, 5.41) is 0. The average molecular weight is 368 g/mol. The topological polar surface area (TPSA) is 60.4 Å². The lowest BCUT2D eigenvalue weighted by atomic mass is 9.87. The predicted octanol–water partition coefficient (Wildman–Crippen LogP) is 2.99. The Morgan fingerprint density at radius 2 is 1.75 bits per heavy atom. The number of benzene rings is 1. The lowest BCUT2D eigenvalue weighted by molar-refractivity contribution is -0.235. The molecule has 0 N–H and O–H groups in total. The Morgan fingerprint density at radius 1 is 1.21 bits per heavy atom. The zero-order valence-electron chi connectivity index (χ0n) is 12.9. The number of hydrogen-bond donors (Lipinski definition) is 0. The molecule has 0 aliphatic carbocycles. The molecule has 1 saturated heterocycles. The molecule has 0 aromatic heterocycles. The van der Waals surface area contributed by atoms with Crippen LogP contribution in [-0.2, 0) is 19.4 Å². The van der Waals surface area contributed by atoms with Gasteiger partial charge in [-0.15, -0.1) is 0 Å². The van der Waals surface area contributed by atoms with Crippen LogP contribution in [0, 0.1) is 12.8 Å². The van der Waals surface area contributed by atoms with E-state index in [1.54, 1.807) is 6.92 Å². The second-order valence-corrected chi connectivity index (χ2v) is 7.80. The molecule has 9 heteroatoms. The van der Waals surface area contributed by atoms with E-state index >= 15 is 0 Å². The predicted molar refractivity (Wildman–Crippen MR) is 76.8 cm³/mol. The fourth-order valence-electron chi connectivity index (χ4n) is 2.71. The van der Waals surface area contributed by atoms with Gasteiger partial charge in [-0.2, -0.15) is 13.2 Å². The summed E-state index contributed by atoms with van der Waals surface area (Å²) in [6.07, 6.45) is -7.13. The van der Waals surface area contributed by atoms with Crippen molar-refractivity contribution in [2.75, 3.05) is 5.75 Å². The van der Waals surface area contributed by atoms with Crippen LogP contribution in [0.15, 0.2) is 29.2 Å². The van der Waals surface area contributed by atoms with Gasteiger partial charge in [0.15, 0.2) is 9.84 Å². The Bertz CT molecular complexity index is 727. The van der Waals surface area contributed by atoms with Gasteiger partial charge in [-0.25, -0.2) is 17.6 Å². The van der Waals surface area contributed by atoms with Crippen LogP contribution in [0.3, 0.4) is 0 Å². The molecule has 0 spiro atoms. The molecular weight excluding hydrogens is 352 g/mol. The standard InChI is InChI=1S/C15H16F4O4S/c1-3-12-11(14(16,13(20)23-12)15(17,18)19)8-24(21,22)10-6-4-9(2)5-7-10/h4-7,11-12H,3,8H2,1-2H3. The molecule has 3 unspecified atom stereocenters. The Hall–Kier alpha value is -1.64. The minimum Gasteiger partial charge on any atom is -0.459 e. The quantitative estimate of drug-likeness (QED) is 0.606. The lowest BCUT2D eigenvalue weighted by Gasteiger charge is -2.27. The van der Waals surface area contributed by atoms with Crippen LogP contribution >= 0.6 is 0 Å². The van der Waals surface area contributed by atoms with Gasteiger partial charge in [0.05, 0.1) is 16.6 Å². The number of halogens is 4. The number of esters is 1. The van der Waals surface area contributed by atoms with Crippen LogP contribution in [0.25, 0.3) is 0 Å². The van der Waals surface area contributed by atoms with Gasteiger partial charge in [-0.3, -0.25) is 0 Å². The van der Waals surface area contributed by atoms with E-state index in [9.17, 15) is 30.8 Å². The largest absolute Gasteiger partial charge is 0.459 e. The Labute approximate surface area is 136 Å². The van der Waals surface area contributed by atoms with Crippen molar-refractivity contribution < 1.29 is 35.5 Å². The Morgan fingerprint density at radius 3 is 2.21 bits per heavy atom. The molecule has 134 valence electrons. The van der Waals surface area contributed by atoms with Crippen LogP contribution in [0.1, 0.15) is 18.9 Å². The molecule has 1 aromatic carbocycles. The minimum atomic E-state index is -5.55. The van der Waals surface area contributed by atoms with E-state index in [4.69, 9.17) is 0 Å². The highest BCUT2D eigenvalue weighted by atomic mass is 32.2. The summed E-state index contributed by atoms with van der Waals surface area (Å²) < 4.78 is 83.1. The highest BCUT2D eigenvalue weighted by molar-refractivity contribution is 7.91. The lowest BCUT2D eigenvalue weighted by Crippen LogP contribution is -2.52. The summed E-state index contributed by atoms with van der Waals surface area (Å²) in [4.78, 5) is 11.2. The number of carbonyl (C=O) groups is 1. The molecule has 2 rings (SSSR count). The minimum absolute atomic E-state index is 0.123. The maximum Gasteiger partial charge on any atom is 0.433 e. The molecule has 1 aliphatic heterocycles. The average Bonchev–Trinajstić information content (AvgIpc) is 2.72. The van der Waals surface area contributed by atoms with Gasteiger partial charge in [-0.1, -0.05) is 24.6 Å². The maximum atomic E-state index is 14.6. The molecule has 4 nitrogen and oxygen atoms in total. The first-order chi connectivity index (χ1) is 10.9. The Balaban J connectivity index is 2.43. The van der Waals surface area contributed by atoms with Crippen molar-refractivity contribution in [1.82, 2.24) is 0 Å².